The molecule has 4 heterocycles. The molecular weight excluding hydrogens is 1140 g/mol. The number of aliphatic hydroxyl groups is 13. The normalized spacial score (nSPS) is 33.8. The smallest absolute Gasteiger partial charge is 0.220 e. The lowest BCUT2D eigenvalue weighted by atomic mass is 9.95. The first kappa shape index (κ1) is 77.3. The number of allylic oxidation sites excluding steroid dienone is 1. The monoisotopic (exact) mass is 1250 g/mol. The Bertz CT molecular complexity index is 1830. The standard InChI is InChI=1S/C62H114N2O23/c1-4-6-8-10-12-14-16-18-19-21-23-25-27-29-31-33-46(71)64-40(41(70)32-30-28-26-24-22-20-17-15-13-11-9-7-5-2)38-80-60-53(77)52(76)56(45(37-68)84-60)85-61-55(79)58(50(74)44(36-67)82-61)87-62-54(78)57(49(73)43(35-66)83-62)86-59-47(63-39(3)69)51(75)48(72)42(34-65)81-59/h30,32,40-45,47-62,65-68,70,72-79H,4-29,31,33-38H2,1-3H3,(H,63,69)(H,64,71)/b32-30+/t40-,41+,42?,43?,44?,45?,47?,48+,49-,50-,51+,52+,53?,54?,55?,56+,57-,58-,59-,60+,61-,62+/m0/s1. The lowest BCUT2D eigenvalue weighted by Crippen LogP contribution is -2.69. The topological polar surface area (TPSA) is 395 Å². The van der Waals surface area contributed by atoms with Crippen LogP contribution in [-0.4, -0.2) is 246 Å². The van der Waals surface area contributed by atoms with Gasteiger partial charge in [0, 0.05) is 13.3 Å². The molecule has 25 heteroatoms. The van der Waals surface area contributed by atoms with Crippen molar-refractivity contribution in [2.75, 3.05) is 33.0 Å². The zero-order chi connectivity index (χ0) is 63.7. The molecule has 25 nitrogen and oxygen atoms in total. The SMILES string of the molecule is CCCCCCCCCCCCC/C=C/[C@@H](O)[C@H](CO[C@@H]1OC(CO)[C@@H](O[C@@H]2OC(CO)[C@H](O)[C@H](O[C@H]3OC(CO)[C@H](O)[C@H](O[C@@H]4OC(CO)[C@@H](O)[C@H](O)C4NC(C)=O)C3O)C2O)[C@H](O)C1O)NC(=O)CCCCCCCCCCCCCCCCC. The predicted molar refractivity (Wildman–Crippen MR) is 317 cm³/mol. The molecule has 4 fully saturated rings. The van der Waals surface area contributed by atoms with E-state index in [0.717, 1.165) is 51.9 Å². The fourth-order valence-electron chi connectivity index (χ4n) is 11.7. The van der Waals surface area contributed by atoms with Gasteiger partial charge in [-0.25, -0.2) is 0 Å². The van der Waals surface area contributed by atoms with Gasteiger partial charge in [-0.1, -0.05) is 180 Å². The molecule has 0 aromatic rings. The van der Waals surface area contributed by atoms with Crippen LogP contribution in [0.1, 0.15) is 201 Å². The molecule has 4 aliphatic heterocycles. The van der Waals surface area contributed by atoms with Gasteiger partial charge in [0.25, 0.3) is 0 Å². The van der Waals surface area contributed by atoms with Crippen LogP contribution in [-0.2, 0) is 47.5 Å². The van der Waals surface area contributed by atoms with Crippen molar-refractivity contribution in [3.8, 4) is 0 Å². The van der Waals surface area contributed by atoms with E-state index in [9.17, 15) is 76.0 Å². The summed E-state index contributed by atoms with van der Waals surface area (Å²) in [7, 11) is 0. The van der Waals surface area contributed by atoms with Crippen LogP contribution < -0.4 is 10.6 Å². The molecule has 0 aliphatic carbocycles. The lowest BCUT2D eigenvalue weighted by molar-refractivity contribution is -0.387. The molecular formula is C62H114N2O23. The van der Waals surface area contributed by atoms with Gasteiger partial charge in [0.05, 0.1) is 45.2 Å². The zero-order valence-electron chi connectivity index (χ0n) is 52.1. The summed E-state index contributed by atoms with van der Waals surface area (Å²) in [5.41, 5.74) is 0. The minimum absolute atomic E-state index is 0.212. The highest BCUT2D eigenvalue weighted by atomic mass is 16.8. The quantitative estimate of drug-likeness (QED) is 0.0305. The number of ether oxygens (including phenoxy) is 8. The predicted octanol–water partition coefficient (Wildman–Crippen LogP) is 1.78. The molecule has 87 heavy (non-hydrogen) atoms. The van der Waals surface area contributed by atoms with Crippen molar-refractivity contribution in [3.05, 3.63) is 12.2 Å². The average molecular weight is 1260 g/mol. The first-order chi connectivity index (χ1) is 42.0. The number of carbonyl (C=O) groups excluding carboxylic acids is 2. The van der Waals surface area contributed by atoms with Crippen molar-refractivity contribution in [2.24, 2.45) is 0 Å². The largest absolute Gasteiger partial charge is 0.394 e. The maximum Gasteiger partial charge on any atom is 0.220 e. The van der Waals surface area contributed by atoms with Gasteiger partial charge in [0.15, 0.2) is 25.2 Å². The molecule has 510 valence electrons. The van der Waals surface area contributed by atoms with E-state index in [2.05, 4.69) is 24.5 Å². The second kappa shape index (κ2) is 43.6. The number of rotatable bonds is 45. The Hall–Kier alpha value is -2.16. The molecule has 22 atom stereocenters. The summed E-state index contributed by atoms with van der Waals surface area (Å²) in [4.78, 5) is 25.5. The molecule has 0 aromatic carbocycles. The third kappa shape index (κ3) is 26.0. The van der Waals surface area contributed by atoms with Crippen LogP contribution in [0.15, 0.2) is 12.2 Å². The number of aliphatic hydroxyl groups excluding tert-OH is 13. The summed E-state index contributed by atoms with van der Waals surface area (Å²) in [6.45, 7) is 1.57. The minimum atomic E-state index is -2.11. The molecule has 0 saturated carbocycles. The maximum atomic E-state index is 13.4. The average Bonchev–Trinajstić information content (AvgIpc) is 1.17. The van der Waals surface area contributed by atoms with E-state index < -0.39 is 174 Å². The molecule has 4 rings (SSSR count). The number of unbranched alkanes of at least 4 members (excludes halogenated alkanes) is 25. The molecule has 0 bridgehead atoms. The molecule has 15 N–H and O–H groups in total. The Morgan fingerprint density at radius 2 is 0.839 bits per heavy atom. The molecule has 0 aromatic heterocycles. The van der Waals surface area contributed by atoms with Crippen LogP contribution in [0.2, 0.25) is 0 Å². The Labute approximate surface area is 515 Å². The Morgan fingerprint density at radius 3 is 1.29 bits per heavy atom. The fraction of sp³-hybridized carbons (Fsp3) is 0.935. The van der Waals surface area contributed by atoms with Crippen molar-refractivity contribution < 1.29 is 114 Å². The fourth-order valence-corrected chi connectivity index (χ4v) is 11.7. The van der Waals surface area contributed by atoms with Crippen molar-refractivity contribution in [1.29, 1.82) is 0 Å². The zero-order valence-corrected chi connectivity index (χ0v) is 52.1. The van der Waals surface area contributed by atoms with Crippen molar-refractivity contribution in [1.82, 2.24) is 10.6 Å². The molecule has 2 amide bonds. The molecule has 4 aliphatic rings. The van der Waals surface area contributed by atoms with Gasteiger partial charge in [0.2, 0.25) is 11.8 Å². The highest BCUT2D eigenvalue weighted by Crippen LogP contribution is 2.35. The summed E-state index contributed by atoms with van der Waals surface area (Å²) < 4.78 is 46.5. The number of nitrogens with one attached hydrogen (secondary N) is 2. The Kier molecular flexibility index (Phi) is 38.8. The Morgan fingerprint density at radius 1 is 0.448 bits per heavy atom. The summed E-state index contributed by atoms with van der Waals surface area (Å²) in [6.07, 6.45) is -0.502. The van der Waals surface area contributed by atoms with Crippen molar-refractivity contribution in [3.63, 3.8) is 0 Å². The molecule has 0 radical (unpaired) electrons. The van der Waals surface area contributed by atoms with Crippen molar-refractivity contribution in [2.45, 2.75) is 335 Å². The van der Waals surface area contributed by atoms with Crippen LogP contribution in [0.5, 0.6) is 0 Å². The summed E-state index contributed by atoms with van der Waals surface area (Å²) in [5.74, 6) is -1.02. The van der Waals surface area contributed by atoms with Crippen LogP contribution in [0.25, 0.3) is 0 Å². The third-order valence-electron chi connectivity index (χ3n) is 17.1. The molecule has 8 unspecified atom stereocenters. The van der Waals surface area contributed by atoms with Gasteiger partial charge >= 0.3 is 0 Å². The van der Waals surface area contributed by atoms with Crippen LogP contribution in [0, 0.1) is 0 Å². The van der Waals surface area contributed by atoms with Gasteiger partial charge in [-0.3, -0.25) is 9.59 Å². The first-order valence-corrected chi connectivity index (χ1v) is 32.9. The van der Waals surface area contributed by atoms with E-state index in [0.29, 0.717) is 12.8 Å². The number of carbonyl (C=O) groups is 2. The van der Waals surface area contributed by atoms with E-state index >= 15 is 0 Å². The number of hydrogen-bond acceptors (Lipinski definition) is 23. The van der Waals surface area contributed by atoms with Crippen LogP contribution in [0.4, 0.5) is 0 Å². The highest BCUT2D eigenvalue weighted by Gasteiger charge is 2.56. The van der Waals surface area contributed by atoms with Gasteiger partial charge in [0.1, 0.15) is 97.6 Å². The van der Waals surface area contributed by atoms with Crippen LogP contribution >= 0.6 is 0 Å². The first-order valence-electron chi connectivity index (χ1n) is 32.9. The van der Waals surface area contributed by atoms with E-state index in [-0.39, 0.29) is 12.3 Å². The maximum absolute atomic E-state index is 13.4. The van der Waals surface area contributed by atoms with Gasteiger partial charge < -0.3 is 115 Å². The summed E-state index contributed by atoms with van der Waals surface area (Å²) >= 11 is 0. The summed E-state index contributed by atoms with van der Waals surface area (Å²) in [5, 5.41) is 148. The second-order valence-electron chi connectivity index (χ2n) is 24.3. The highest BCUT2D eigenvalue weighted by molar-refractivity contribution is 5.76. The van der Waals surface area contributed by atoms with Gasteiger partial charge in [-0.2, -0.15) is 0 Å². The summed E-state index contributed by atoms with van der Waals surface area (Å²) in [6, 6.07) is -2.55. The van der Waals surface area contributed by atoms with E-state index in [1.54, 1.807) is 6.08 Å². The Balaban J connectivity index is 1.37. The van der Waals surface area contributed by atoms with Crippen LogP contribution in [0.3, 0.4) is 0 Å². The van der Waals surface area contributed by atoms with Gasteiger partial charge in [-0.05, 0) is 19.3 Å². The van der Waals surface area contributed by atoms with Gasteiger partial charge in [-0.15, -0.1) is 0 Å². The molecule has 0 spiro atoms. The number of hydrogen-bond donors (Lipinski definition) is 15. The van der Waals surface area contributed by atoms with E-state index in [1.165, 1.54) is 116 Å². The third-order valence-corrected chi connectivity index (χ3v) is 17.1. The second-order valence-corrected chi connectivity index (χ2v) is 24.3. The van der Waals surface area contributed by atoms with E-state index in [4.69, 9.17) is 37.9 Å². The number of amides is 2. The lowest BCUT2D eigenvalue weighted by Gasteiger charge is -2.49. The minimum Gasteiger partial charge on any atom is -0.394 e. The van der Waals surface area contributed by atoms with Crippen molar-refractivity contribution >= 4 is 11.8 Å². The molecule has 4 saturated heterocycles. The van der Waals surface area contributed by atoms with E-state index in [1.807, 2.05) is 6.08 Å².